The van der Waals surface area contributed by atoms with Crippen LogP contribution in [0.4, 0.5) is 0 Å². The number of aliphatic hydroxyl groups is 2. The number of rotatable bonds is 6. The number of hydrogen-bond acceptors (Lipinski definition) is 5. The van der Waals surface area contributed by atoms with Crippen LogP contribution in [0, 0.1) is 62.6 Å². The van der Waals surface area contributed by atoms with Crippen molar-refractivity contribution in [3.63, 3.8) is 0 Å². The topological polar surface area (TPSA) is 96.2 Å². The molecule has 6 saturated carbocycles. The second-order valence-corrected chi connectivity index (χ2v) is 20.0. The van der Waals surface area contributed by atoms with Crippen molar-refractivity contribution in [3.8, 4) is 0 Å². The molecule has 7 fully saturated rings. The van der Waals surface area contributed by atoms with Crippen LogP contribution in [-0.4, -0.2) is 51.5 Å². The van der Waals surface area contributed by atoms with Crippen LogP contribution in [0.25, 0.3) is 0 Å². The van der Waals surface area contributed by atoms with Crippen LogP contribution in [0.15, 0.2) is 0 Å². The fourth-order valence-corrected chi connectivity index (χ4v) is 15.3. The monoisotopic (exact) mass is 642 g/mol. The summed E-state index contributed by atoms with van der Waals surface area (Å²) >= 11 is 0. The summed E-state index contributed by atoms with van der Waals surface area (Å²) in [4.78, 5) is 12.5. The zero-order valence-electron chi connectivity index (χ0n) is 30.2. The van der Waals surface area contributed by atoms with Crippen molar-refractivity contribution in [2.24, 2.45) is 62.6 Å². The lowest BCUT2D eigenvalue weighted by atomic mass is 9.41. The zero-order chi connectivity index (χ0) is 33.1. The Morgan fingerprint density at radius 2 is 1.41 bits per heavy atom. The lowest BCUT2D eigenvalue weighted by molar-refractivity contribution is -0.311. The highest BCUT2D eigenvalue weighted by Gasteiger charge is 2.67. The van der Waals surface area contributed by atoms with Crippen molar-refractivity contribution in [1.29, 1.82) is 0 Å². The first kappa shape index (κ1) is 33.8. The lowest BCUT2D eigenvalue weighted by Crippen LogP contribution is -2.65. The van der Waals surface area contributed by atoms with E-state index in [1.54, 1.807) is 0 Å². The van der Waals surface area contributed by atoms with E-state index in [2.05, 4.69) is 41.5 Å². The molecule has 6 aliphatic carbocycles. The summed E-state index contributed by atoms with van der Waals surface area (Å²) in [6, 6.07) is 0. The summed E-state index contributed by atoms with van der Waals surface area (Å²) in [6.07, 6.45) is 15.8. The van der Waals surface area contributed by atoms with E-state index in [4.69, 9.17) is 9.47 Å². The molecule has 6 nitrogen and oxygen atoms in total. The molecule has 262 valence electrons. The van der Waals surface area contributed by atoms with E-state index in [0.717, 1.165) is 83.0 Å². The van der Waals surface area contributed by atoms with Crippen LogP contribution in [0.3, 0.4) is 0 Å². The van der Waals surface area contributed by atoms with Crippen molar-refractivity contribution in [3.05, 3.63) is 0 Å². The van der Waals surface area contributed by atoms with Gasteiger partial charge in [0.15, 0.2) is 6.29 Å². The maximum atomic E-state index is 12.5. The predicted octanol–water partition coefficient (Wildman–Crippen LogP) is 8.37. The van der Waals surface area contributed by atoms with Gasteiger partial charge < -0.3 is 24.8 Å². The smallest absolute Gasteiger partial charge is 0.309 e. The van der Waals surface area contributed by atoms with Gasteiger partial charge in [-0.1, -0.05) is 40.5 Å². The van der Waals surface area contributed by atoms with Crippen LogP contribution in [0.2, 0.25) is 0 Å². The summed E-state index contributed by atoms with van der Waals surface area (Å²) < 4.78 is 13.8. The predicted molar refractivity (Wildman–Crippen MR) is 179 cm³/mol. The molecule has 14 atom stereocenters. The number of hydrogen-bond donors (Lipinski definition) is 3. The summed E-state index contributed by atoms with van der Waals surface area (Å²) in [5, 5.41) is 33.0. The molecular formula is C40H66O6. The molecule has 1 spiro atoms. The molecule has 0 radical (unpaired) electrons. The third kappa shape index (κ3) is 4.71. The Balaban J connectivity index is 1.06. The maximum Gasteiger partial charge on any atom is 0.309 e. The summed E-state index contributed by atoms with van der Waals surface area (Å²) in [6.45, 7) is 16.3. The first-order valence-corrected chi connectivity index (χ1v) is 19.3. The van der Waals surface area contributed by atoms with E-state index in [1.807, 2.05) is 6.92 Å². The van der Waals surface area contributed by atoms with Crippen molar-refractivity contribution >= 4 is 5.97 Å². The van der Waals surface area contributed by atoms with Gasteiger partial charge in [0.25, 0.3) is 0 Å². The molecule has 0 aromatic rings. The maximum absolute atomic E-state index is 12.5. The highest BCUT2D eigenvalue weighted by Crippen LogP contribution is 2.73. The van der Waals surface area contributed by atoms with Gasteiger partial charge in [-0.25, -0.2) is 0 Å². The Morgan fingerprint density at radius 1 is 0.761 bits per heavy atom. The van der Waals surface area contributed by atoms with E-state index in [9.17, 15) is 20.1 Å². The molecule has 6 heteroatoms. The van der Waals surface area contributed by atoms with E-state index in [-0.39, 0.29) is 40.3 Å². The molecule has 3 N–H and O–H groups in total. The molecule has 7 rings (SSSR count). The van der Waals surface area contributed by atoms with E-state index >= 15 is 0 Å². The number of carboxylic acids is 1. The van der Waals surface area contributed by atoms with Gasteiger partial charge in [-0.3, -0.25) is 4.79 Å². The van der Waals surface area contributed by atoms with Crippen molar-refractivity contribution in [2.75, 3.05) is 6.61 Å². The van der Waals surface area contributed by atoms with Gasteiger partial charge in [0.2, 0.25) is 0 Å². The van der Waals surface area contributed by atoms with Gasteiger partial charge in [0.1, 0.15) is 6.10 Å². The molecule has 0 aromatic carbocycles. The van der Waals surface area contributed by atoms with Gasteiger partial charge in [-0.05, 0) is 162 Å². The molecule has 14 unspecified atom stereocenters. The van der Waals surface area contributed by atoms with Crippen LogP contribution >= 0.6 is 0 Å². The van der Waals surface area contributed by atoms with Crippen molar-refractivity contribution in [2.45, 2.75) is 175 Å². The van der Waals surface area contributed by atoms with Crippen LogP contribution in [0.5, 0.6) is 0 Å². The summed E-state index contributed by atoms with van der Waals surface area (Å²) in [7, 11) is 0. The van der Waals surface area contributed by atoms with Crippen LogP contribution in [-0.2, 0) is 14.3 Å². The molecule has 0 aromatic heterocycles. The summed E-state index contributed by atoms with van der Waals surface area (Å²) in [5.41, 5.74) is -0.658. The minimum atomic E-state index is -0.917. The van der Waals surface area contributed by atoms with Gasteiger partial charge in [0.05, 0.1) is 23.2 Å². The van der Waals surface area contributed by atoms with E-state index in [1.165, 1.54) is 25.7 Å². The standard InChI is InChI=1S/C40H66O6/c1-34(2)15-8-16-35(3)27(34)12-19-38(6)29(35)13-20-39(7,46-38)31(24-41)45-32(42)26-23-40-21-14-28-36(4,30(40)11-10-25(26)22-40)17-9-18-37(28,5)33(43)44/h25-32,41-42H,8-24H2,1-7H3,(H,43,44). The van der Waals surface area contributed by atoms with Crippen molar-refractivity contribution < 1.29 is 29.6 Å². The molecule has 46 heavy (non-hydrogen) atoms. The number of carbonyl (C=O) groups is 1. The molecule has 1 heterocycles. The first-order valence-electron chi connectivity index (χ1n) is 19.3. The van der Waals surface area contributed by atoms with Gasteiger partial charge in [-0.15, -0.1) is 0 Å². The lowest BCUT2D eigenvalue weighted by Gasteiger charge is -2.65. The Hall–Kier alpha value is -0.690. The highest BCUT2D eigenvalue weighted by molar-refractivity contribution is 5.75. The quantitative estimate of drug-likeness (QED) is 0.252. The van der Waals surface area contributed by atoms with Gasteiger partial charge in [-0.2, -0.15) is 0 Å². The third-order valence-corrected chi connectivity index (χ3v) is 17.3. The number of carboxylic acid groups (broad SMARTS) is 1. The fourth-order valence-electron chi connectivity index (χ4n) is 15.3. The average molecular weight is 643 g/mol. The van der Waals surface area contributed by atoms with Gasteiger partial charge >= 0.3 is 5.97 Å². The van der Waals surface area contributed by atoms with Crippen LogP contribution < -0.4 is 0 Å². The first-order chi connectivity index (χ1) is 21.5. The number of ether oxygens (including phenoxy) is 2. The molecule has 1 saturated heterocycles. The average Bonchev–Trinajstić information content (AvgIpc) is 3.24. The molecule has 7 aliphatic rings. The fraction of sp³-hybridized carbons (Fsp3) is 0.975. The SMILES string of the molecule is CC1(C)CCCC2(C)C1CCC1(C)OC(C)(C(CO)OC(O)C3CC45CCC6C(C)(C(=O)O)CCCC6(C)C4CCC3C5)CCC12. The van der Waals surface area contributed by atoms with Crippen LogP contribution in [0.1, 0.15) is 151 Å². The van der Waals surface area contributed by atoms with Crippen molar-refractivity contribution in [1.82, 2.24) is 0 Å². The molecular weight excluding hydrogens is 576 g/mol. The second-order valence-electron chi connectivity index (χ2n) is 20.0. The Morgan fingerprint density at radius 3 is 2.11 bits per heavy atom. The Bertz CT molecular complexity index is 1200. The Kier molecular flexibility index (Phi) is 8.01. The third-order valence-electron chi connectivity index (χ3n) is 17.3. The normalized spacial score (nSPS) is 54.0. The number of fused-ring (bicyclic) bond motifs is 6. The highest BCUT2D eigenvalue weighted by atomic mass is 16.6. The van der Waals surface area contributed by atoms with E-state index in [0.29, 0.717) is 23.2 Å². The second kappa shape index (κ2) is 10.9. The molecule has 0 amide bonds. The minimum Gasteiger partial charge on any atom is -0.481 e. The number of aliphatic hydroxyl groups excluding tert-OH is 2. The summed E-state index contributed by atoms with van der Waals surface area (Å²) in [5.74, 6) is 1.83. The molecule has 1 aliphatic heterocycles. The Labute approximate surface area is 279 Å². The van der Waals surface area contributed by atoms with E-state index < -0.39 is 29.4 Å². The zero-order valence-corrected chi connectivity index (χ0v) is 30.2. The molecule has 2 bridgehead atoms. The van der Waals surface area contributed by atoms with Gasteiger partial charge in [0, 0.05) is 5.92 Å². The minimum absolute atomic E-state index is 0.0432. The number of aliphatic carboxylic acids is 1. The largest absolute Gasteiger partial charge is 0.481 e.